The van der Waals surface area contributed by atoms with Crippen molar-refractivity contribution < 1.29 is 13.9 Å². The second-order valence-corrected chi connectivity index (χ2v) is 9.51. The number of hydrogen-bond acceptors (Lipinski definition) is 7. The van der Waals surface area contributed by atoms with Gasteiger partial charge in [-0.05, 0) is 56.3 Å². The van der Waals surface area contributed by atoms with E-state index in [0.29, 0.717) is 25.6 Å². The van der Waals surface area contributed by atoms with E-state index in [9.17, 15) is 4.79 Å². The lowest BCUT2D eigenvalue weighted by Gasteiger charge is -2.45. The fraction of sp³-hybridized carbons (Fsp3) is 0.625. The zero-order valence-corrected chi connectivity index (χ0v) is 19.1. The molecule has 1 atom stereocenters. The van der Waals surface area contributed by atoms with Crippen molar-refractivity contribution in [1.82, 2.24) is 19.8 Å². The number of fused-ring (bicyclic) bond motifs is 2. The highest BCUT2D eigenvalue weighted by molar-refractivity contribution is 5.79. The van der Waals surface area contributed by atoms with Crippen molar-refractivity contribution in [2.24, 2.45) is 5.92 Å². The van der Waals surface area contributed by atoms with E-state index in [1.807, 2.05) is 37.3 Å². The molecular formula is C24H33N5O3. The number of nitrogens with zero attached hydrogens (tertiary/aromatic N) is 5. The van der Waals surface area contributed by atoms with E-state index in [-0.39, 0.29) is 11.8 Å². The summed E-state index contributed by atoms with van der Waals surface area (Å²) < 4.78 is 11.9. The quantitative estimate of drug-likeness (QED) is 0.724. The average Bonchev–Trinajstić information content (AvgIpc) is 3.32. The summed E-state index contributed by atoms with van der Waals surface area (Å²) in [4.78, 5) is 29.0. The average molecular weight is 440 g/mol. The van der Waals surface area contributed by atoms with Crippen molar-refractivity contribution in [3.63, 3.8) is 0 Å². The first-order valence-corrected chi connectivity index (χ1v) is 11.8. The first-order chi connectivity index (χ1) is 15.5. The van der Waals surface area contributed by atoms with Crippen LogP contribution >= 0.6 is 0 Å². The van der Waals surface area contributed by atoms with Crippen LogP contribution in [0.25, 0.3) is 0 Å². The number of ether oxygens (including phenoxy) is 1. The van der Waals surface area contributed by atoms with E-state index in [1.54, 1.807) is 6.26 Å². The molecule has 3 aliphatic rings. The Labute approximate surface area is 189 Å². The Kier molecular flexibility index (Phi) is 5.90. The number of aromatic nitrogens is 2. The Morgan fingerprint density at radius 2 is 2.12 bits per heavy atom. The molecular weight excluding hydrogens is 406 g/mol. The van der Waals surface area contributed by atoms with Crippen LogP contribution in [0.4, 0.5) is 5.95 Å². The van der Waals surface area contributed by atoms with Crippen LogP contribution in [0.1, 0.15) is 42.7 Å². The summed E-state index contributed by atoms with van der Waals surface area (Å²) in [5.41, 5.74) is 1.81. The molecule has 2 fully saturated rings. The third-order valence-electron chi connectivity index (χ3n) is 7.13. The molecule has 1 unspecified atom stereocenters. The Hall–Kier alpha value is -2.45. The minimum absolute atomic E-state index is 0.0648. The van der Waals surface area contributed by atoms with Gasteiger partial charge < -0.3 is 19.0 Å². The normalized spacial score (nSPS) is 23.2. The minimum Gasteiger partial charge on any atom is -0.468 e. The van der Waals surface area contributed by atoms with Gasteiger partial charge in [-0.2, -0.15) is 0 Å². The Balaban J connectivity index is 1.24. The SMILES string of the molecule is CN(C)c1ncc2c(n1)C1(CCN(C(=O)C3CCCN(Cc4ccco4)C3)CC1)OCC2. The lowest BCUT2D eigenvalue weighted by Crippen LogP contribution is -2.52. The molecule has 2 aromatic rings. The van der Waals surface area contributed by atoms with Crippen LogP contribution in [-0.2, 0) is 28.1 Å². The highest BCUT2D eigenvalue weighted by Gasteiger charge is 2.44. The smallest absolute Gasteiger partial charge is 0.226 e. The number of carbonyl (C=O) groups excluding carboxylic acids is 1. The van der Waals surface area contributed by atoms with Crippen LogP contribution in [0.2, 0.25) is 0 Å². The first-order valence-electron chi connectivity index (χ1n) is 11.8. The molecule has 3 aliphatic heterocycles. The zero-order valence-electron chi connectivity index (χ0n) is 19.1. The summed E-state index contributed by atoms with van der Waals surface area (Å²) in [5.74, 6) is 2.03. The van der Waals surface area contributed by atoms with Crippen molar-refractivity contribution in [2.45, 2.75) is 44.2 Å². The molecule has 8 nitrogen and oxygen atoms in total. The summed E-state index contributed by atoms with van der Waals surface area (Å²) in [7, 11) is 3.91. The highest BCUT2D eigenvalue weighted by Crippen LogP contribution is 2.41. The number of amides is 1. The molecule has 5 heterocycles. The van der Waals surface area contributed by atoms with Crippen LogP contribution in [-0.4, -0.2) is 72.6 Å². The monoisotopic (exact) mass is 439 g/mol. The van der Waals surface area contributed by atoms with Gasteiger partial charge in [0.15, 0.2) is 0 Å². The van der Waals surface area contributed by atoms with Gasteiger partial charge >= 0.3 is 0 Å². The molecule has 172 valence electrons. The summed E-state index contributed by atoms with van der Waals surface area (Å²) in [6.45, 7) is 4.73. The number of anilines is 1. The predicted molar refractivity (Wildman–Crippen MR) is 120 cm³/mol. The van der Waals surface area contributed by atoms with Gasteiger partial charge in [-0.15, -0.1) is 0 Å². The van der Waals surface area contributed by atoms with Gasteiger partial charge in [0.2, 0.25) is 11.9 Å². The second-order valence-electron chi connectivity index (χ2n) is 9.51. The third kappa shape index (κ3) is 4.13. The maximum atomic E-state index is 13.4. The number of hydrogen-bond donors (Lipinski definition) is 0. The molecule has 0 radical (unpaired) electrons. The lowest BCUT2D eigenvalue weighted by atomic mass is 9.82. The Morgan fingerprint density at radius 3 is 2.88 bits per heavy atom. The fourth-order valence-corrected chi connectivity index (χ4v) is 5.37. The molecule has 2 aromatic heterocycles. The zero-order chi connectivity index (χ0) is 22.1. The van der Waals surface area contributed by atoms with Crippen LogP contribution < -0.4 is 4.90 Å². The molecule has 8 heteroatoms. The van der Waals surface area contributed by atoms with Crippen LogP contribution in [0.5, 0.6) is 0 Å². The lowest BCUT2D eigenvalue weighted by molar-refractivity contribution is -0.147. The predicted octanol–water partition coefficient (Wildman–Crippen LogP) is 2.44. The van der Waals surface area contributed by atoms with Crippen molar-refractivity contribution in [2.75, 3.05) is 51.8 Å². The van der Waals surface area contributed by atoms with E-state index in [2.05, 4.69) is 14.8 Å². The number of carbonyl (C=O) groups is 1. The molecule has 32 heavy (non-hydrogen) atoms. The van der Waals surface area contributed by atoms with Crippen molar-refractivity contribution in [1.29, 1.82) is 0 Å². The molecule has 2 saturated heterocycles. The van der Waals surface area contributed by atoms with Gasteiger partial charge in [0, 0.05) is 39.9 Å². The molecule has 1 amide bonds. The number of piperidine rings is 2. The molecule has 0 N–H and O–H groups in total. The number of furan rings is 1. The summed E-state index contributed by atoms with van der Waals surface area (Å²) in [6.07, 6.45) is 8.11. The number of rotatable bonds is 4. The summed E-state index contributed by atoms with van der Waals surface area (Å²) >= 11 is 0. The maximum absolute atomic E-state index is 13.4. The molecule has 1 spiro atoms. The van der Waals surface area contributed by atoms with E-state index >= 15 is 0 Å². The van der Waals surface area contributed by atoms with Crippen LogP contribution in [0, 0.1) is 5.92 Å². The summed E-state index contributed by atoms with van der Waals surface area (Å²) in [5, 5.41) is 0. The maximum Gasteiger partial charge on any atom is 0.226 e. The van der Waals surface area contributed by atoms with Crippen molar-refractivity contribution in [3.8, 4) is 0 Å². The van der Waals surface area contributed by atoms with Gasteiger partial charge in [-0.25, -0.2) is 9.97 Å². The molecule has 0 saturated carbocycles. The van der Waals surface area contributed by atoms with E-state index in [1.165, 1.54) is 5.56 Å². The van der Waals surface area contributed by atoms with Crippen molar-refractivity contribution in [3.05, 3.63) is 41.6 Å². The van der Waals surface area contributed by atoms with Crippen molar-refractivity contribution >= 4 is 11.9 Å². The molecule has 0 aliphatic carbocycles. The minimum atomic E-state index is -0.393. The molecule has 5 rings (SSSR count). The summed E-state index contributed by atoms with van der Waals surface area (Å²) in [6, 6.07) is 3.92. The topological polar surface area (TPSA) is 74.9 Å². The Bertz CT molecular complexity index is 937. The van der Waals surface area contributed by atoms with Crippen LogP contribution in [0.3, 0.4) is 0 Å². The van der Waals surface area contributed by atoms with Crippen LogP contribution in [0.15, 0.2) is 29.0 Å². The highest BCUT2D eigenvalue weighted by atomic mass is 16.5. The van der Waals surface area contributed by atoms with Gasteiger partial charge in [0.05, 0.1) is 31.0 Å². The van der Waals surface area contributed by atoms with Gasteiger partial charge in [-0.3, -0.25) is 9.69 Å². The Morgan fingerprint density at radius 1 is 1.28 bits per heavy atom. The molecule has 0 aromatic carbocycles. The van der Waals surface area contributed by atoms with Gasteiger partial charge in [0.1, 0.15) is 11.4 Å². The first kappa shape index (κ1) is 21.4. The third-order valence-corrected chi connectivity index (χ3v) is 7.13. The van der Waals surface area contributed by atoms with E-state index < -0.39 is 5.60 Å². The standard InChI is InChI=1S/C24H33N5O3/c1-27(2)23-25-15-18-7-14-32-24(21(18)26-23)8-11-29(12-9-24)22(30)19-5-3-10-28(16-19)17-20-6-4-13-31-20/h4,6,13,15,19H,3,5,7-12,14,16-17H2,1-2H3. The second kappa shape index (κ2) is 8.83. The van der Waals surface area contributed by atoms with E-state index in [4.69, 9.17) is 14.1 Å². The molecule has 0 bridgehead atoms. The van der Waals surface area contributed by atoms with Gasteiger partial charge in [-0.1, -0.05) is 0 Å². The van der Waals surface area contributed by atoms with Gasteiger partial charge in [0.25, 0.3) is 0 Å². The van der Waals surface area contributed by atoms with E-state index in [0.717, 1.165) is 63.2 Å². The fourth-order valence-electron chi connectivity index (χ4n) is 5.37. The number of likely N-dealkylation sites (tertiary alicyclic amines) is 2. The largest absolute Gasteiger partial charge is 0.468 e.